The van der Waals surface area contributed by atoms with Crippen LogP contribution in [0.4, 0.5) is 4.39 Å². The predicted octanol–water partition coefficient (Wildman–Crippen LogP) is 0.788. The molecule has 7 heteroatoms. The number of hydrogen-bond donors (Lipinski definition) is 2. The van der Waals surface area contributed by atoms with Gasteiger partial charge in [-0.15, -0.1) is 0 Å². The molecule has 3 N–H and O–H groups in total. The summed E-state index contributed by atoms with van der Waals surface area (Å²) in [5, 5.41) is 2.36. The van der Waals surface area contributed by atoms with E-state index in [9.17, 15) is 18.8 Å². The van der Waals surface area contributed by atoms with Gasteiger partial charge < -0.3 is 15.8 Å². The zero-order chi connectivity index (χ0) is 16.9. The molecule has 0 heterocycles. The molecule has 2 atom stereocenters. The second-order valence-corrected chi connectivity index (χ2v) is 4.95. The van der Waals surface area contributed by atoms with E-state index in [1.807, 2.05) is 13.8 Å². The molecule has 0 saturated heterocycles. The van der Waals surface area contributed by atoms with Crippen LogP contribution in [-0.4, -0.2) is 37.1 Å². The van der Waals surface area contributed by atoms with Crippen molar-refractivity contribution in [3.05, 3.63) is 34.9 Å². The Morgan fingerprint density at radius 3 is 2.41 bits per heavy atom. The van der Waals surface area contributed by atoms with Crippen molar-refractivity contribution in [2.45, 2.75) is 32.5 Å². The Bertz CT molecular complexity index is 589. The largest absolute Gasteiger partial charge is 0.467 e. The summed E-state index contributed by atoms with van der Waals surface area (Å²) >= 11 is 0. The number of alkyl halides is 1. The van der Waals surface area contributed by atoms with Crippen LogP contribution in [0.25, 0.3) is 0 Å². The molecule has 120 valence electrons. The standard InChI is InChI=1S/C15H19FN2O4/c1-8-4-5-10(6-9(8)2)14(20)18-12(15(21)22-3)7-11(16)13(17)19/h4-6,11-12H,7H2,1-3H3,(H2,17,19)(H,18,20)/t11-,12+/m1/s1. The zero-order valence-corrected chi connectivity index (χ0v) is 12.7. The summed E-state index contributed by atoms with van der Waals surface area (Å²) in [5.74, 6) is -2.61. The number of methoxy groups -OCH3 is 1. The maximum absolute atomic E-state index is 13.4. The van der Waals surface area contributed by atoms with Gasteiger partial charge in [-0.1, -0.05) is 6.07 Å². The van der Waals surface area contributed by atoms with Crippen LogP contribution in [0, 0.1) is 13.8 Å². The SMILES string of the molecule is COC(=O)[C@H](C[C@@H](F)C(N)=O)NC(=O)c1ccc(C)c(C)c1. The third-order valence-electron chi connectivity index (χ3n) is 3.31. The van der Waals surface area contributed by atoms with Crippen molar-refractivity contribution in [3.63, 3.8) is 0 Å². The first-order valence-corrected chi connectivity index (χ1v) is 6.65. The van der Waals surface area contributed by atoms with E-state index in [1.54, 1.807) is 18.2 Å². The molecule has 0 aliphatic rings. The Morgan fingerprint density at radius 2 is 1.91 bits per heavy atom. The van der Waals surface area contributed by atoms with Crippen LogP contribution in [-0.2, 0) is 14.3 Å². The smallest absolute Gasteiger partial charge is 0.328 e. The third-order valence-corrected chi connectivity index (χ3v) is 3.31. The lowest BCUT2D eigenvalue weighted by molar-refractivity contribution is -0.143. The van der Waals surface area contributed by atoms with Crippen LogP contribution in [0.5, 0.6) is 0 Å². The van der Waals surface area contributed by atoms with Crippen LogP contribution >= 0.6 is 0 Å². The minimum Gasteiger partial charge on any atom is -0.467 e. The van der Waals surface area contributed by atoms with E-state index in [2.05, 4.69) is 10.1 Å². The number of halogens is 1. The average Bonchev–Trinajstić information content (AvgIpc) is 2.48. The highest BCUT2D eigenvalue weighted by Crippen LogP contribution is 2.11. The molecule has 0 radical (unpaired) electrons. The number of amides is 2. The van der Waals surface area contributed by atoms with E-state index in [0.29, 0.717) is 5.56 Å². The Hall–Kier alpha value is -2.44. The van der Waals surface area contributed by atoms with E-state index in [4.69, 9.17) is 5.73 Å². The van der Waals surface area contributed by atoms with Crippen molar-refractivity contribution in [1.82, 2.24) is 5.32 Å². The predicted molar refractivity (Wildman–Crippen MR) is 77.9 cm³/mol. The molecule has 0 fully saturated rings. The molecule has 1 aromatic rings. The molecule has 6 nitrogen and oxygen atoms in total. The average molecular weight is 310 g/mol. The molecule has 22 heavy (non-hydrogen) atoms. The number of aryl methyl sites for hydroxylation is 2. The fraction of sp³-hybridized carbons (Fsp3) is 0.400. The molecule has 0 aromatic heterocycles. The van der Waals surface area contributed by atoms with Crippen LogP contribution in [0.3, 0.4) is 0 Å². The molecule has 0 bridgehead atoms. The van der Waals surface area contributed by atoms with Crippen LogP contribution in [0.1, 0.15) is 27.9 Å². The second kappa shape index (κ2) is 7.53. The maximum Gasteiger partial charge on any atom is 0.328 e. The van der Waals surface area contributed by atoms with Crippen LogP contribution in [0.15, 0.2) is 18.2 Å². The summed E-state index contributed by atoms with van der Waals surface area (Å²) in [5.41, 5.74) is 7.07. The Kier molecular flexibility index (Phi) is 6.03. The summed E-state index contributed by atoms with van der Waals surface area (Å²) < 4.78 is 17.9. The Labute approximate surface area is 127 Å². The van der Waals surface area contributed by atoms with Gasteiger partial charge in [-0.2, -0.15) is 0 Å². The third kappa shape index (κ3) is 4.54. The van der Waals surface area contributed by atoms with E-state index >= 15 is 0 Å². The number of esters is 1. The zero-order valence-electron chi connectivity index (χ0n) is 12.7. The van der Waals surface area contributed by atoms with Crippen molar-refractivity contribution in [2.75, 3.05) is 7.11 Å². The van der Waals surface area contributed by atoms with Gasteiger partial charge in [0.1, 0.15) is 6.04 Å². The van der Waals surface area contributed by atoms with E-state index in [0.717, 1.165) is 18.2 Å². The second-order valence-electron chi connectivity index (χ2n) is 4.95. The van der Waals surface area contributed by atoms with Crippen LogP contribution in [0.2, 0.25) is 0 Å². The van der Waals surface area contributed by atoms with E-state index in [-0.39, 0.29) is 0 Å². The first-order valence-electron chi connectivity index (χ1n) is 6.65. The minimum atomic E-state index is -2.05. The van der Waals surface area contributed by atoms with Gasteiger partial charge >= 0.3 is 5.97 Å². The molecule has 0 aliphatic heterocycles. The Balaban J connectivity index is 2.88. The van der Waals surface area contributed by atoms with Crippen molar-refractivity contribution in [3.8, 4) is 0 Å². The first kappa shape index (κ1) is 17.6. The van der Waals surface area contributed by atoms with Crippen molar-refractivity contribution in [2.24, 2.45) is 5.73 Å². The Morgan fingerprint density at radius 1 is 1.27 bits per heavy atom. The number of nitrogens with one attached hydrogen (secondary N) is 1. The summed E-state index contributed by atoms with van der Waals surface area (Å²) in [6.07, 6.45) is -2.62. The van der Waals surface area contributed by atoms with Gasteiger partial charge in [0.15, 0.2) is 6.17 Å². The fourth-order valence-electron chi connectivity index (χ4n) is 1.80. The molecule has 1 aromatic carbocycles. The van der Waals surface area contributed by atoms with E-state index in [1.165, 1.54) is 0 Å². The topological polar surface area (TPSA) is 98.5 Å². The highest BCUT2D eigenvalue weighted by molar-refractivity contribution is 5.97. The van der Waals surface area contributed by atoms with Crippen molar-refractivity contribution < 1.29 is 23.5 Å². The normalized spacial score (nSPS) is 13.1. The molecule has 0 aliphatic carbocycles. The quantitative estimate of drug-likeness (QED) is 0.759. The van der Waals surface area contributed by atoms with Gasteiger partial charge in [0.25, 0.3) is 11.8 Å². The molecule has 0 unspecified atom stereocenters. The molecule has 2 amide bonds. The molecule has 1 rings (SSSR count). The lowest BCUT2D eigenvalue weighted by atomic mass is 10.0. The van der Waals surface area contributed by atoms with Gasteiger partial charge in [0, 0.05) is 12.0 Å². The van der Waals surface area contributed by atoms with Gasteiger partial charge in [-0.3, -0.25) is 9.59 Å². The van der Waals surface area contributed by atoms with Crippen molar-refractivity contribution in [1.29, 1.82) is 0 Å². The van der Waals surface area contributed by atoms with Crippen LogP contribution < -0.4 is 11.1 Å². The lowest BCUT2D eigenvalue weighted by Gasteiger charge is -2.17. The highest BCUT2D eigenvalue weighted by Gasteiger charge is 2.28. The van der Waals surface area contributed by atoms with Gasteiger partial charge in [0.2, 0.25) is 0 Å². The number of benzene rings is 1. The molecular formula is C15H19FN2O4. The van der Waals surface area contributed by atoms with Crippen molar-refractivity contribution >= 4 is 17.8 Å². The fourth-order valence-corrected chi connectivity index (χ4v) is 1.80. The number of primary amides is 1. The summed E-state index contributed by atoms with van der Waals surface area (Å²) in [6.45, 7) is 3.74. The molecule has 0 saturated carbocycles. The number of nitrogens with two attached hydrogens (primary N) is 1. The number of hydrogen-bond acceptors (Lipinski definition) is 4. The number of ether oxygens (including phenoxy) is 1. The van der Waals surface area contributed by atoms with Gasteiger partial charge in [0.05, 0.1) is 7.11 Å². The number of carbonyl (C=O) groups excluding carboxylic acids is 3. The first-order chi connectivity index (χ1) is 10.3. The highest BCUT2D eigenvalue weighted by atomic mass is 19.1. The van der Waals surface area contributed by atoms with Gasteiger partial charge in [-0.05, 0) is 37.1 Å². The lowest BCUT2D eigenvalue weighted by Crippen LogP contribution is -2.45. The summed E-state index contributed by atoms with van der Waals surface area (Å²) in [7, 11) is 1.11. The molecule has 0 spiro atoms. The minimum absolute atomic E-state index is 0.325. The van der Waals surface area contributed by atoms with E-state index < -0.39 is 36.4 Å². The number of carbonyl (C=O) groups is 3. The monoisotopic (exact) mass is 310 g/mol. The van der Waals surface area contributed by atoms with Gasteiger partial charge in [-0.25, -0.2) is 9.18 Å². The molecular weight excluding hydrogens is 291 g/mol. The maximum atomic E-state index is 13.4. The summed E-state index contributed by atoms with van der Waals surface area (Å²) in [6, 6.07) is 3.72. The number of rotatable bonds is 6. The summed E-state index contributed by atoms with van der Waals surface area (Å²) in [4.78, 5) is 34.5.